The first-order valence-electron chi connectivity index (χ1n) is 8.66. The van der Waals surface area contributed by atoms with Crippen LogP contribution in [0.15, 0.2) is 24.3 Å². The van der Waals surface area contributed by atoms with Crippen molar-refractivity contribution in [2.24, 2.45) is 0 Å². The van der Waals surface area contributed by atoms with Crippen LogP contribution in [0.2, 0.25) is 0 Å². The predicted molar refractivity (Wildman–Crippen MR) is 94.0 cm³/mol. The molecule has 0 saturated carbocycles. The molecule has 1 aliphatic heterocycles. The number of rotatable bonds is 7. The molecule has 1 aromatic carbocycles. The zero-order valence-corrected chi connectivity index (χ0v) is 15.3. The molecule has 0 radical (unpaired) electrons. The number of phenols is 1. The molecule has 0 amide bonds. The summed E-state index contributed by atoms with van der Waals surface area (Å²) in [5.74, 6) is 0.434. The SMILES string of the molecule is CC(C)(C)NCCO[C@H]1OC(CO)[C@H](O)[C@H](Oc2ccc(O)cc2)C1O. The molecule has 0 spiro atoms. The summed E-state index contributed by atoms with van der Waals surface area (Å²) >= 11 is 0. The van der Waals surface area contributed by atoms with Crippen LogP contribution >= 0.6 is 0 Å². The molecule has 8 nitrogen and oxygen atoms in total. The zero-order chi connectivity index (χ0) is 19.3. The minimum Gasteiger partial charge on any atom is -0.508 e. The summed E-state index contributed by atoms with van der Waals surface area (Å²) in [4.78, 5) is 0. The molecule has 8 heteroatoms. The van der Waals surface area contributed by atoms with Crippen molar-refractivity contribution in [1.82, 2.24) is 5.32 Å². The van der Waals surface area contributed by atoms with Gasteiger partial charge in [0.2, 0.25) is 0 Å². The third-order valence-corrected chi connectivity index (χ3v) is 3.97. The van der Waals surface area contributed by atoms with E-state index < -0.39 is 37.3 Å². The fourth-order valence-corrected chi connectivity index (χ4v) is 2.61. The highest BCUT2D eigenvalue weighted by Crippen LogP contribution is 2.27. The number of aliphatic hydroxyl groups is 3. The van der Waals surface area contributed by atoms with Crippen LogP contribution in [-0.2, 0) is 9.47 Å². The molecule has 26 heavy (non-hydrogen) atoms. The molecule has 0 aliphatic carbocycles. The quantitative estimate of drug-likeness (QED) is 0.424. The maximum absolute atomic E-state index is 10.5. The van der Waals surface area contributed by atoms with Gasteiger partial charge in [-0.2, -0.15) is 0 Å². The van der Waals surface area contributed by atoms with E-state index in [0.717, 1.165) is 0 Å². The van der Waals surface area contributed by atoms with Gasteiger partial charge in [-0.25, -0.2) is 0 Å². The molecule has 5 N–H and O–H groups in total. The molecule has 0 aromatic heterocycles. The van der Waals surface area contributed by atoms with Gasteiger partial charge in [-0.05, 0) is 45.0 Å². The highest BCUT2D eigenvalue weighted by atomic mass is 16.7. The third-order valence-electron chi connectivity index (χ3n) is 3.97. The standard InChI is InChI=1S/C18H29NO7/c1-18(2,3)19-8-9-24-17-15(23)16(14(22)13(10-20)26-17)25-12-6-4-11(21)5-7-12/h4-7,13-17,19-23H,8-10H2,1-3H3/t13?,14-,15?,16-,17-/m0/s1. The van der Waals surface area contributed by atoms with Crippen molar-refractivity contribution in [2.75, 3.05) is 19.8 Å². The molecule has 2 rings (SSSR count). The van der Waals surface area contributed by atoms with Crippen LogP contribution in [0.4, 0.5) is 0 Å². The fourth-order valence-electron chi connectivity index (χ4n) is 2.61. The minimum atomic E-state index is -1.25. The lowest BCUT2D eigenvalue weighted by Crippen LogP contribution is -2.61. The molecule has 1 aliphatic rings. The molecule has 5 atom stereocenters. The van der Waals surface area contributed by atoms with E-state index >= 15 is 0 Å². The number of hydrogen-bond donors (Lipinski definition) is 5. The first-order chi connectivity index (χ1) is 12.2. The van der Waals surface area contributed by atoms with Gasteiger partial charge < -0.3 is 40.0 Å². The minimum absolute atomic E-state index is 0.0657. The van der Waals surface area contributed by atoms with E-state index in [2.05, 4.69) is 5.32 Å². The second-order valence-corrected chi connectivity index (χ2v) is 7.33. The van der Waals surface area contributed by atoms with Gasteiger partial charge in [0.25, 0.3) is 0 Å². The lowest BCUT2D eigenvalue weighted by atomic mass is 9.99. The first-order valence-corrected chi connectivity index (χ1v) is 8.66. The Bertz CT molecular complexity index is 545. The van der Waals surface area contributed by atoms with Gasteiger partial charge in [0.15, 0.2) is 12.4 Å². The number of phenolic OH excluding ortho intramolecular Hbond substituents is 1. The van der Waals surface area contributed by atoms with Crippen molar-refractivity contribution < 1.29 is 34.6 Å². The molecule has 0 bridgehead atoms. The van der Waals surface area contributed by atoms with Gasteiger partial charge in [-0.15, -0.1) is 0 Å². The van der Waals surface area contributed by atoms with Gasteiger partial charge in [0.05, 0.1) is 13.2 Å². The van der Waals surface area contributed by atoms with E-state index in [-0.39, 0.29) is 17.9 Å². The molecule has 2 unspecified atom stereocenters. The van der Waals surface area contributed by atoms with Crippen molar-refractivity contribution in [3.8, 4) is 11.5 Å². The van der Waals surface area contributed by atoms with Gasteiger partial charge in [-0.3, -0.25) is 0 Å². The number of hydrogen-bond acceptors (Lipinski definition) is 8. The van der Waals surface area contributed by atoms with Gasteiger partial charge in [0, 0.05) is 12.1 Å². The van der Waals surface area contributed by atoms with E-state index in [1.807, 2.05) is 20.8 Å². The summed E-state index contributed by atoms with van der Waals surface area (Å²) in [5.41, 5.74) is -0.0657. The Labute approximate surface area is 153 Å². The smallest absolute Gasteiger partial charge is 0.187 e. The Morgan fingerprint density at radius 3 is 2.35 bits per heavy atom. The molecular formula is C18H29NO7. The number of ether oxygens (including phenoxy) is 3. The van der Waals surface area contributed by atoms with Gasteiger partial charge in [0.1, 0.15) is 29.8 Å². The second kappa shape index (κ2) is 8.98. The van der Waals surface area contributed by atoms with Crippen molar-refractivity contribution in [3.05, 3.63) is 24.3 Å². The maximum atomic E-state index is 10.5. The van der Waals surface area contributed by atoms with E-state index in [0.29, 0.717) is 12.3 Å². The topological polar surface area (TPSA) is 121 Å². The molecular weight excluding hydrogens is 342 g/mol. The number of nitrogens with one attached hydrogen (secondary N) is 1. The van der Waals surface area contributed by atoms with Crippen LogP contribution in [0.5, 0.6) is 11.5 Å². The zero-order valence-electron chi connectivity index (χ0n) is 15.3. The van der Waals surface area contributed by atoms with Crippen LogP contribution in [0.1, 0.15) is 20.8 Å². The highest BCUT2D eigenvalue weighted by Gasteiger charge is 2.46. The number of aromatic hydroxyl groups is 1. The second-order valence-electron chi connectivity index (χ2n) is 7.33. The van der Waals surface area contributed by atoms with Gasteiger partial charge >= 0.3 is 0 Å². The van der Waals surface area contributed by atoms with Crippen LogP contribution < -0.4 is 10.1 Å². The Morgan fingerprint density at radius 1 is 1.12 bits per heavy atom. The fraction of sp³-hybridized carbons (Fsp3) is 0.667. The summed E-state index contributed by atoms with van der Waals surface area (Å²) in [6.45, 7) is 6.46. The largest absolute Gasteiger partial charge is 0.508 e. The monoisotopic (exact) mass is 371 g/mol. The summed E-state index contributed by atoms with van der Waals surface area (Å²) < 4.78 is 16.7. The number of benzene rings is 1. The molecule has 1 fully saturated rings. The molecule has 1 aromatic rings. The van der Waals surface area contributed by atoms with Crippen molar-refractivity contribution in [1.29, 1.82) is 0 Å². The van der Waals surface area contributed by atoms with Crippen LogP contribution in [0.3, 0.4) is 0 Å². The van der Waals surface area contributed by atoms with Crippen molar-refractivity contribution >= 4 is 0 Å². The average Bonchev–Trinajstić information content (AvgIpc) is 2.58. The Kier molecular flexibility index (Phi) is 7.22. The average molecular weight is 371 g/mol. The molecule has 1 heterocycles. The van der Waals surface area contributed by atoms with E-state index in [1.54, 1.807) is 0 Å². The first kappa shape index (κ1) is 20.9. The lowest BCUT2D eigenvalue weighted by molar-refractivity contribution is -0.296. The predicted octanol–water partition coefficient (Wildman–Crippen LogP) is -0.0167. The van der Waals surface area contributed by atoms with E-state index in [9.17, 15) is 20.4 Å². The summed E-state index contributed by atoms with van der Waals surface area (Å²) in [5, 5.41) is 42.8. The van der Waals surface area contributed by atoms with Crippen molar-refractivity contribution in [3.63, 3.8) is 0 Å². The van der Waals surface area contributed by atoms with Crippen molar-refractivity contribution in [2.45, 2.75) is 57.0 Å². The van der Waals surface area contributed by atoms with Crippen LogP contribution in [0, 0.1) is 0 Å². The number of aliphatic hydroxyl groups excluding tert-OH is 3. The van der Waals surface area contributed by atoms with E-state index in [4.69, 9.17) is 14.2 Å². The molecule has 148 valence electrons. The normalized spacial score (nSPS) is 29.5. The van der Waals surface area contributed by atoms with Gasteiger partial charge in [-0.1, -0.05) is 0 Å². The third kappa shape index (κ3) is 5.80. The Hall–Kier alpha value is -1.42. The maximum Gasteiger partial charge on any atom is 0.187 e. The summed E-state index contributed by atoms with van der Waals surface area (Å²) in [7, 11) is 0. The molecule has 1 saturated heterocycles. The lowest BCUT2D eigenvalue weighted by Gasteiger charge is -2.41. The van der Waals surface area contributed by atoms with Crippen LogP contribution in [0.25, 0.3) is 0 Å². The summed E-state index contributed by atoms with van der Waals surface area (Å²) in [6.07, 6.45) is -5.53. The van der Waals surface area contributed by atoms with Crippen LogP contribution in [-0.4, -0.2) is 76.4 Å². The Balaban J connectivity index is 2.00. The highest BCUT2D eigenvalue weighted by molar-refractivity contribution is 5.30. The van der Waals surface area contributed by atoms with E-state index in [1.165, 1.54) is 24.3 Å². The Morgan fingerprint density at radius 2 is 1.77 bits per heavy atom. The summed E-state index contributed by atoms with van der Waals surface area (Å²) in [6, 6.07) is 5.90.